The van der Waals surface area contributed by atoms with E-state index in [-0.39, 0.29) is 18.0 Å². The number of carbonyl (C=O) groups is 1. The number of benzene rings is 3. The van der Waals surface area contributed by atoms with Gasteiger partial charge in [-0.25, -0.2) is 0 Å². The highest BCUT2D eigenvalue weighted by Crippen LogP contribution is 2.31. The highest BCUT2D eigenvalue weighted by Gasteiger charge is 2.26. The predicted molar refractivity (Wildman–Crippen MR) is 124 cm³/mol. The Hall–Kier alpha value is -4.77. The molecule has 0 bridgehead atoms. The first-order valence-corrected chi connectivity index (χ1v) is 10.2. The second kappa shape index (κ2) is 9.58. The van der Waals surface area contributed by atoms with Crippen LogP contribution in [0.1, 0.15) is 16.8 Å². The molecular weight excluding hydrogens is 418 g/mol. The molecule has 162 valence electrons. The maximum absolute atomic E-state index is 13.9. The van der Waals surface area contributed by atoms with Crippen LogP contribution >= 0.6 is 0 Å². The van der Waals surface area contributed by atoms with Crippen LogP contribution in [0.25, 0.3) is 11.3 Å². The summed E-state index contributed by atoms with van der Waals surface area (Å²) in [6.07, 6.45) is 1.85. The van der Waals surface area contributed by atoms with Crippen molar-refractivity contribution in [1.82, 2.24) is 9.78 Å². The van der Waals surface area contributed by atoms with Crippen LogP contribution in [-0.4, -0.2) is 20.6 Å². The summed E-state index contributed by atoms with van der Waals surface area (Å²) in [5.74, 6) is -0.302. The van der Waals surface area contributed by atoms with Gasteiger partial charge in [0.1, 0.15) is 5.69 Å². The van der Waals surface area contributed by atoms with Crippen LogP contribution in [0.5, 0.6) is 0 Å². The lowest BCUT2D eigenvalue weighted by Gasteiger charge is -2.23. The van der Waals surface area contributed by atoms with Gasteiger partial charge in [0.2, 0.25) is 0 Å². The minimum atomic E-state index is -0.478. The van der Waals surface area contributed by atoms with E-state index in [0.717, 1.165) is 0 Å². The zero-order valence-electron chi connectivity index (χ0n) is 17.5. The molecule has 0 radical (unpaired) electrons. The first kappa shape index (κ1) is 21.5. The van der Waals surface area contributed by atoms with E-state index in [9.17, 15) is 14.9 Å². The van der Waals surface area contributed by atoms with E-state index in [1.54, 1.807) is 27.9 Å². The van der Waals surface area contributed by atoms with Crippen LogP contribution in [0.2, 0.25) is 0 Å². The average Bonchev–Trinajstić information content (AvgIpc) is 3.28. The molecule has 0 aliphatic heterocycles. The molecule has 0 aliphatic carbocycles. The molecule has 1 amide bonds. The molecule has 8 nitrogen and oxygen atoms in total. The third-order valence-corrected chi connectivity index (χ3v) is 5.03. The number of anilines is 2. The van der Waals surface area contributed by atoms with Crippen LogP contribution in [0.4, 0.5) is 17.1 Å². The molecule has 0 fully saturated rings. The van der Waals surface area contributed by atoms with Gasteiger partial charge in [-0.05, 0) is 36.4 Å². The number of nitriles is 1. The Morgan fingerprint density at radius 3 is 2.06 bits per heavy atom. The van der Waals surface area contributed by atoms with E-state index in [1.165, 1.54) is 12.1 Å². The van der Waals surface area contributed by atoms with Crippen LogP contribution < -0.4 is 4.90 Å². The van der Waals surface area contributed by atoms with E-state index in [0.29, 0.717) is 34.7 Å². The summed E-state index contributed by atoms with van der Waals surface area (Å²) < 4.78 is 1.56. The van der Waals surface area contributed by atoms with Crippen molar-refractivity contribution in [2.75, 3.05) is 4.90 Å². The van der Waals surface area contributed by atoms with E-state index in [4.69, 9.17) is 5.26 Å². The van der Waals surface area contributed by atoms with Crippen molar-refractivity contribution >= 4 is 23.0 Å². The highest BCUT2D eigenvalue weighted by molar-refractivity contribution is 6.13. The average molecular weight is 437 g/mol. The predicted octanol–water partition coefficient (Wildman–Crippen LogP) is 5.35. The van der Waals surface area contributed by atoms with Gasteiger partial charge in [-0.15, -0.1) is 0 Å². The Labute approximate surface area is 190 Å². The Bertz CT molecular complexity index is 1270. The molecule has 0 N–H and O–H groups in total. The molecule has 0 unspecified atom stereocenters. The summed E-state index contributed by atoms with van der Waals surface area (Å²) >= 11 is 0. The number of nitro groups is 1. The van der Waals surface area contributed by atoms with Gasteiger partial charge in [-0.1, -0.05) is 36.4 Å². The molecule has 3 aromatic carbocycles. The van der Waals surface area contributed by atoms with Gasteiger partial charge in [0, 0.05) is 35.3 Å². The molecule has 0 saturated carbocycles. The fourth-order valence-electron chi connectivity index (χ4n) is 3.47. The molecule has 33 heavy (non-hydrogen) atoms. The quantitative estimate of drug-likeness (QED) is 0.286. The molecule has 4 aromatic rings. The number of non-ortho nitro benzene ring substituents is 1. The third kappa shape index (κ3) is 4.62. The summed E-state index contributed by atoms with van der Waals surface area (Å²) in [4.78, 5) is 26.1. The lowest BCUT2D eigenvalue weighted by atomic mass is 10.1. The van der Waals surface area contributed by atoms with Crippen LogP contribution in [0.15, 0.2) is 91.1 Å². The van der Waals surface area contributed by atoms with Crippen molar-refractivity contribution in [3.63, 3.8) is 0 Å². The van der Waals surface area contributed by atoms with Crippen molar-refractivity contribution < 1.29 is 9.72 Å². The second-order valence-electron chi connectivity index (χ2n) is 7.18. The van der Waals surface area contributed by atoms with Gasteiger partial charge >= 0.3 is 0 Å². The summed E-state index contributed by atoms with van der Waals surface area (Å²) in [5, 5.41) is 24.5. The lowest BCUT2D eigenvalue weighted by Crippen LogP contribution is -2.26. The Morgan fingerprint density at radius 1 is 0.970 bits per heavy atom. The fourth-order valence-corrected chi connectivity index (χ4v) is 3.47. The number of nitrogens with zero attached hydrogens (tertiary/aromatic N) is 5. The number of para-hydroxylation sites is 2. The first-order chi connectivity index (χ1) is 16.1. The summed E-state index contributed by atoms with van der Waals surface area (Å²) in [5.41, 5.74) is 2.62. The number of amides is 1. The summed E-state index contributed by atoms with van der Waals surface area (Å²) in [6, 6.07) is 26.5. The largest absolute Gasteiger partial charge is 0.277 e. The molecular formula is C25H19N5O3. The van der Waals surface area contributed by atoms with Crippen LogP contribution in [0.3, 0.4) is 0 Å². The molecule has 8 heteroatoms. The number of rotatable bonds is 7. The minimum Gasteiger partial charge on any atom is -0.277 e. The topological polar surface area (TPSA) is 105 Å². The van der Waals surface area contributed by atoms with Gasteiger partial charge < -0.3 is 0 Å². The van der Waals surface area contributed by atoms with Crippen molar-refractivity contribution in [2.45, 2.75) is 13.0 Å². The van der Waals surface area contributed by atoms with Crippen molar-refractivity contribution in [1.29, 1.82) is 5.26 Å². The SMILES string of the molecule is N#CCCn1cc(C(=O)N(c2ccccc2)c2ccccc2)c(-c2ccc([N+](=O)[O-])cc2)n1. The van der Waals surface area contributed by atoms with Crippen LogP contribution in [0, 0.1) is 21.4 Å². The molecule has 1 aromatic heterocycles. The maximum Gasteiger partial charge on any atom is 0.269 e. The monoisotopic (exact) mass is 437 g/mol. The Morgan fingerprint density at radius 2 is 1.55 bits per heavy atom. The van der Waals surface area contributed by atoms with E-state index < -0.39 is 4.92 Å². The lowest BCUT2D eigenvalue weighted by molar-refractivity contribution is -0.384. The Kier molecular flexibility index (Phi) is 6.23. The summed E-state index contributed by atoms with van der Waals surface area (Å²) in [6.45, 7) is 0.320. The van der Waals surface area contributed by atoms with Crippen LogP contribution in [-0.2, 0) is 6.54 Å². The standard InChI is InChI=1S/C25H19N5O3/c26-16-7-17-28-18-23(24(27-28)19-12-14-22(15-13-19)30(32)33)25(31)29(20-8-3-1-4-9-20)21-10-5-2-6-11-21/h1-6,8-15,18H,7,17H2. The van der Waals surface area contributed by atoms with E-state index >= 15 is 0 Å². The Balaban J connectivity index is 1.83. The molecule has 1 heterocycles. The smallest absolute Gasteiger partial charge is 0.269 e. The van der Waals surface area contributed by atoms with Gasteiger partial charge in [-0.2, -0.15) is 10.4 Å². The molecule has 4 rings (SSSR count). The highest BCUT2D eigenvalue weighted by atomic mass is 16.6. The normalized spacial score (nSPS) is 10.4. The van der Waals surface area contributed by atoms with Crippen molar-refractivity contribution in [3.05, 3.63) is 107 Å². The zero-order chi connectivity index (χ0) is 23.2. The van der Waals surface area contributed by atoms with Crippen molar-refractivity contribution in [3.8, 4) is 17.3 Å². The van der Waals surface area contributed by atoms with Gasteiger partial charge in [0.15, 0.2) is 0 Å². The fraction of sp³-hybridized carbons (Fsp3) is 0.0800. The first-order valence-electron chi connectivity index (χ1n) is 10.2. The number of hydrogen-bond acceptors (Lipinski definition) is 5. The minimum absolute atomic E-state index is 0.0502. The van der Waals surface area contributed by atoms with E-state index in [2.05, 4.69) is 11.2 Å². The molecule has 0 atom stereocenters. The van der Waals surface area contributed by atoms with Crippen molar-refractivity contribution in [2.24, 2.45) is 0 Å². The molecule has 0 spiro atoms. The number of aryl methyl sites for hydroxylation is 1. The summed E-state index contributed by atoms with van der Waals surface area (Å²) in [7, 11) is 0. The third-order valence-electron chi connectivity index (χ3n) is 5.03. The zero-order valence-corrected chi connectivity index (χ0v) is 17.5. The number of carbonyl (C=O) groups excluding carboxylic acids is 1. The van der Waals surface area contributed by atoms with Gasteiger partial charge in [-0.3, -0.25) is 24.5 Å². The molecule has 0 saturated heterocycles. The van der Waals surface area contributed by atoms with Gasteiger partial charge in [0.05, 0.1) is 29.5 Å². The van der Waals surface area contributed by atoms with E-state index in [1.807, 2.05) is 60.7 Å². The number of nitro benzene ring substituents is 1. The van der Waals surface area contributed by atoms with Gasteiger partial charge in [0.25, 0.3) is 11.6 Å². The maximum atomic E-state index is 13.9. The number of hydrogen-bond donors (Lipinski definition) is 0. The second-order valence-corrected chi connectivity index (χ2v) is 7.18. The number of aromatic nitrogens is 2. The molecule has 0 aliphatic rings.